The number of hydrogen-bond acceptors (Lipinski definition) is 3. The fourth-order valence-electron chi connectivity index (χ4n) is 1.63. The number of thiophene rings is 1. The molecule has 0 aromatic carbocycles. The molecule has 0 saturated carbocycles. The van der Waals surface area contributed by atoms with Crippen molar-refractivity contribution in [2.75, 3.05) is 0 Å². The first kappa shape index (κ1) is 14.0. The molecule has 2 aromatic heterocycles. The van der Waals surface area contributed by atoms with Gasteiger partial charge in [0.15, 0.2) is 0 Å². The zero-order chi connectivity index (χ0) is 13.7. The number of halogens is 1. The molecule has 19 heavy (non-hydrogen) atoms. The predicted octanol–water partition coefficient (Wildman–Crippen LogP) is 2.93. The van der Waals surface area contributed by atoms with E-state index >= 15 is 0 Å². The third kappa shape index (κ3) is 4.65. The second-order valence-electron chi connectivity index (χ2n) is 4.19. The first-order valence-electron chi connectivity index (χ1n) is 5.82. The van der Waals surface area contributed by atoms with Gasteiger partial charge in [-0.15, -0.1) is 11.3 Å². The standard InChI is InChI=1S/C13H14BrN3OS/c1-10(7-17-5-4-15-9-17)16-13(18)3-2-11-6-12(14)19-8-11/h2-6,8-10H,7H2,1H3,(H,16,18)/b3-2+/t10-/m1/s1. The van der Waals surface area contributed by atoms with Gasteiger partial charge in [-0.25, -0.2) is 4.98 Å². The summed E-state index contributed by atoms with van der Waals surface area (Å²) in [7, 11) is 0. The molecule has 2 aromatic rings. The summed E-state index contributed by atoms with van der Waals surface area (Å²) in [5, 5.41) is 4.90. The maximum Gasteiger partial charge on any atom is 0.244 e. The van der Waals surface area contributed by atoms with Gasteiger partial charge in [0.25, 0.3) is 0 Å². The first-order valence-corrected chi connectivity index (χ1v) is 7.49. The van der Waals surface area contributed by atoms with Gasteiger partial charge in [0, 0.05) is 31.1 Å². The summed E-state index contributed by atoms with van der Waals surface area (Å²) in [6.45, 7) is 2.68. The van der Waals surface area contributed by atoms with Crippen LogP contribution in [-0.4, -0.2) is 21.5 Å². The van der Waals surface area contributed by atoms with Crippen LogP contribution >= 0.6 is 27.3 Å². The normalized spacial score (nSPS) is 12.7. The number of amides is 1. The van der Waals surface area contributed by atoms with E-state index in [1.165, 1.54) is 0 Å². The molecule has 6 heteroatoms. The van der Waals surface area contributed by atoms with Crippen molar-refractivity contribution >= 4 is 39.2 Å². The topological polar surface area (TPSA) is 46.9 Å². The van der Waals surface area contributed by atoms with Crippen molar-refractivity contribution in [3.63, 3.8) is 0 Å². The highest BCUT2D eigenvalue weighted by Crippen LogP contribution is 2.21. The van der Waals surface area contributed by atoms with Crippen LogP contribution in [0.25, 0.3) is 6.08 Å². The van der Waals surface area contributed by atoms with Crippen LogP contribution in [0.1, 0.15) is 12.5 Å². The van der Waals surface area contributed by atoms with Crippen molar-refractivity contribution in [2.24, 2.45) is 0 Å². The third-order valence-electron chi connectivity index (χ3n) is 2.45. The third-order valence-corrected chi connectivity index (χ3v) is 3.97. The molecule has 0 aliphatic rings. The van der Waals surface area contributed by atoms with Crippen LogP contribution in [0.15, 0.2) is 40.0 Å². The van der Waals surface area contributed by atoms with Crippen molar-refractivity contribution in [1.82, 2.24) is 14.9 Å². The minimum absolute atomic E-state index is 0.0561. The summed E-state index contributed by atoms with van der Waals surface area (Å²) in [5.74, 6) is -0.0880. The Hall–Kier alpha value is -1.40. The number of hydrogen-bond donors (Lipinski definition) is 1. The average molecular weight is 340 g/mol. The summed E-state index contributed by atoms with van der Waals surface area (Å²) >= 11 is 4.98. The second kappa shape index (κ2) is 6.68. The van der Waals surface area contributed by atoms with Crippen molar-refractivity contribution in [3.05, 3.63) is 45.6 Å². The van der Waals surface area contributed by atoms with Crippen LogP contribution in [0.4, 0.5) is 0 Å². The van der Waals surface area contributed by atoms with Gasteiger partial charge in [-0.3, -0.25) is 4.79 Å². The van der Waals surface area contributed by atoms with Gasteiger partial charge in [-0.1, -0.05) is 0 Å². The average Bonchev–Trinajstić information content (AvgIpc) is 2.98. The summed E-state index contributed by atoms with van der Waals surface area (Å²) < 4.78 is 2.99. The zero-order valence-corrected chi connectivity index (χ0v) is 12.8. The molecule has 0 bridgehead atoms. The highest BCUT2D eigenvalue weighted by Gasteiger charge is 2.05. The number of imidazole rings is 1. The zero-order valence-electron chi connectivity index (χ0n) is 10.4. The lowest BCUT2D eigenvalue weighted by Gasteiger charge is -2.12. The van der Waals surface area contributed by atoms with Crippen LogP contribution in [0.2, 0.25) is 0 Å². The van der Waals surface area contributed by atoms with Crippen molar-refractivity contribution in [2.45, 2.75) is 19.5 Å². The highest BCUT2D eigenvalue weighted by atomic mass is 79.9. The monoisotopic (exact) mass is 339 g/mol. The molecule has 0 fully saturated rings. The lowest BCUT2D eigenvalue weighted by atomic mass is 10.3. The molecule has 1 amide bonds. The Morgan fingerprint density at radius 3 is 3.16 bits per heavy atom. The van der Waals surface area contributed by atoms with Gasteiger partial charge in [-0.2, -0.15) is 0 Å². The van der Waals surface area contributed by atoms with E-state index in [-0.39, 0.29) is 11.9 Å². The molecule has 1 atom stereocenters. The fraction of sp³-hybridized carbons (Fsp3) is 0.231. The van der Waals surface area contributed by atoms with Crippen LogP contribution in [-0.2, 0) is 11.3 Å². The quantitative estimate of drug-likeness (QED) is 0.851. The summed E-state index contributed by atoms with van der Waals surface area (Å²) in [4.78, 5) is 15.7. The van der Waals surface area contributed by atoms with Crippen molar-refractivity contribution in [1.29, 1.82) is 0 Å². The lowest BCUT2D eigenvalue weighted by Crippen LogP contribution is -2.34. The molecule has 0 aliphatic heterocycles. The van der Waals surface area contributed by atoms with Crippen LogP contribution in [0.5, 0.6) is 0 Å². The van der Waals surface area contributed by atoms with Crippen LogP contribution < -0.4 is 5.32 Å². The van der Waals surface area contributed by atoms with Gasteiger partial charge in [-0.05, 0) is 45.9 Å². The molecular formula is C13H14BrN3OS. The van der Waals surface area contributed by atoms with E-state index in [2.05, 4.69) is 26.2 Å². The summed E-state index contributed by atoms with van der Waals surface area (Å²) in [6, 6.07) is 2.03. The van der Waals surface area contributed by atoms with E-state index in [1.807, 2.05) is 29.1 Å². The molecule has 1 N–H and O–H groups in total. The molecule has 4 nitrogen and oxygen atoms in total. The van der Waals surface area contributed by atoms with Gasteiger partial charge in [0.1, 0.15) is 0 Å². The Morgan fingerprint density at radius 1 is 1.68 bits per heavy atom. The molecule has 2 heterocycles. The Kier molecular flexibility index (Phi) is 4.93. The number of nitrogens with zero attached hydrogens (tertiary/aromatic N) is 2. The van der Waals surface area contributed by atoms with E-state index in [9.17, 15) is 4.79 Å². The van der Waals surface area contributed by atoms with Crippen molar-refractivity contribution < 1.29 is 4.79 Å². The Bertz CT molecular complexity index is 562. The van der Waals surface area contributed by atoms with E-state index in [0.29, 0.717) is 6.54 Å². The molecule has 0 saturated heterocycles. The summed E-state index contributed by atoms with van der Waals surface area (Å²) in [5.41, 5.74) is 1.02. The molecular weight excluding hydrogens is 326 g/mol. The smallest absolute Gasteiger partial charge is 0.244 e. The van der Waals surface area contributed by atoms with Crippen molar-refractivity contribution in [3.8, 4) is 0 Å². The molecule has 100 valence electrons. The lowest BCUT2D eigenvalue weighted by molar-refractivity contribution is -0.117. The molecule has 0 radical (unpaired) electrons. The van der Waals surface area contributed by atoms with Gasteiger partial charge in [0.05, 0.1) is 10.1 Å². The number of carbonyl (C=O) groups excluding carboxylic acids is 1. The van der Waals surface area contributed by atoms with E-state index < -0.39 is 0 Å². The fourth-order valence-corrected chi connectivity index (χ4v) is 2.77. The molecule has 2 rings (SSSR count). The SMILES string of the molecule is C[C@H](Cn1ccnc1)NC(=O)/C=C/c1csc(Br)c1. The van der Waals surface area contributed by atoms with Gasteiger partial charge >= 0.3 is 0 Å². The largest absolute Gasteiger partial charge is 0.348 e. The molecule has 0 spiro atoms. The Morgan fingerprint density at radius 2 is 2.53 bits per heavy atom. The summed E-state index contributed by atoms with van der Waals surface area (Å²) in [6.07, 6.45) is 8.70. The van der Waals surface area contributed by atoms with Crippen LogP contribution in [0, 0.1) is 0 Å². The number of carbonyl (C=O) groups is 1. The van der Waals surface area contributed by atoms with Gasteiger partial charge in [0.2, 0.25) is 5.91 Å². The number of aromatic nitrogens is 2. The first-order chi connectivity index (χ1) is 9.13. The highest BCUT2D eigenvalue weighted by molar-refractivity contribution is 9.11. The number of nitrogens with one attached hydrogen (secondary N) is 1. The Labute approximate surface area is 124 Å². The minimum atomic E-state index is -0.0880. The molecule has 0 unspecified atom stereocenters. The Balaban J connectivity index is 1.82. The van der Waals surface area contributed by atoms with E-state index in [4.69, 9.17) is 0 Å². The van der Waals surface area contributed by atoms with E-state index in [1.54, 1.807) is 36.0 Å². The number of rotatable bonds is 5. The predicted molar refractivity (Wildman–Crippen MR) is 80.9 cm³/mol. The second-order valence-corrected chi connectivity index (χ2v) is 6.48. The maximum atomic E-state index is 11.7. The molecule has 0 aliphatic carbocycles. The van der Waals surface area contributed by atoms with Gasteiger partial charge < -0.3 is 9.88 Å². The van der Waals surface area contributed by atoms with E-state index in [0.717, 1.165) is 9.35 Å². The maximum absolute atomic E-state index is 11.7. The van der Waals surface area contributed by atoms with Crippen LogP contribution in [0.3, 0.4) is 0 Å². The minimum Gasteiger partial charge on any atom is -0.348 e.